The first-order valence-corrected chi connectivity index (χ1v) is 52.1. The number of benzene rings is 3. The molecule has 0 bridgehead atoms. The van der Waals surface area contributed by atoms with E-state index in [-0.39, 0.29) is 110 Å². The second-order valence-electron chi connectivity index (χ2n) is 58.6. The van der Waals surface area contributed by atoms with Crippen molar-refractivity contribution in [3.8, 4) is 5.75 Å². The summed E-state index contributed by atoms with van der Waals surface area (Å²) in [5.74, 6) is 1.73. The minimum atomic E-state index is -0.0959. The maximum atomic E-state index is 5.62. The Kier molecular flexibility index (Phi) is 141. The molecule has 0 aromatic heterocycles. The molecular formula is C136H306N2O5. The number of rotatable bonds is 16. The predicted octanol–water partition coefficient (Wildman–Crippen LogP) is 49.5. The van der Waals surface area contributed by atoms with E-state index < -0.39 is 0 Å². The summed E-state index contributed by atoms with van der Waals surface area (Å²) in [6.07, 6.45) is 13.1. The highest BCUT2D eigenvalue weighted by Crippen LogP contribution is 2.38. The van der Waals surface area contributed by atoms with Crippen LogP contribution in [-0.2, 0) is 31.0 Å². The van der Waals surface area contributed by atoms with Crippen LogP contribution in [0.5, 0.6) is 5.75 Å². The van der Waals surface area contributed by atoms with Gasteiger partial charge in [-0.2, -0.15) is 0 Å². The number of ether oxygens (including phenoxy) is 5. The number of para-hydroxylation sites is 1. The zero-order valence-corrected chi connectivity index (χ0v) is 106. The maximum Gasteiger partial charge on any atom is 0.120 e. The summed E-state index contributed by atoms with van der Waals surface area (Å²) < 4.78 is 27.2. The number of nitrogens with zero attached hydrogens (tertiary/aromatic N) is 2. The molecule has 0 aliphatic carbocycles. The van der Waals surface area contributed by atoms with Crippen molar-refractivity contribution in [1.29, 1.82) is 0 Å². The van der Waals surface area contributed by atoms with E-state index in [1.54, 1.807) is 7.11 Å². The lowest BCUT2D eigenvalue weighted by atomic mass is 9.71. The molecule has 7 nitrogen and oxygen atoms in total. The normalized spacial score (nSPS) is 11.3. The monoisotopic (exact) mass is 2050 g/mol. The molecule has 0 N–H and O–H groups in total. The van der Waals surface area contributed by atoms with Gasteiger partial charge in [-0.3, -0.25) is 4.90 Å². The molecule has 0 aliphatic heterocycles. The maximum absolute atomic E-state index is 5.62. The molecular weight excluding hydrogens is 1740 g/mol. The van der Waals surface area contributed by atoms with E-state index in [4.69, 9.17) is 23.7 Å². The van der Waals surface area contributed by atoms with Crippen LogP contribution in [0.15, 0.2) is 91.0 Å². The zero-order valence-electron chi connectivity index (χ0n) is 106. The third-order valence-corrected chi connectivity index (χ3v) is 18.3. The third kappa shape index (κ3) is 256. The summed E-state index contributed by atoms with van der Waals surface area (Å²) >= 11 is 0. The van der Waals surface area contributed by atoms with E-state index in [0.29, 0.717) is 82.7 Å². The SMILES string of the molecule is C.C.C.C.C.C.C.C.C.C.C.CC(C)(C)C.CC(C)(C)C.CC(C)(C)C.CC(C)(C)C.CC(C)(C)C.CC(C)(C)C(C)(C)C.CC(C)(C)C(C)(C)C.CC(C)(C)OCc1ccccc1.CC(C)(C)Oc1ccccc1.CC(C)(C)c1ccccc1.CC(C)C(C)(C)C.CCCCCC(C)(C)C.CCCCCCOC(C)(C)C.CCCCOC(C)(C)C.CCN(CC)C(C)(C)C.CN(C)C(C)(C)C.COC(C)(C)C. The first kappa shape index (κ1) is 205. The highest BCUT2D eigenvalue weighted by molar-refractivity contribution is 5.23. The van der Waals surface area contributed by atoms with Gasteiger partial charge in [0.25, 0.3) is 0 Å². The van der Waals surface area contributed by atoms with Gasteiger partial charge in [0.1, 0.15) is 11.4 Å². The lowest BCUT2D eigenvalue weighted by molar-refractivity contribution is -0.0149. The van der Waals surface area contributed by atoms with Crippen molar-refractivity contribution in [1.82, 2.24) is 9.80 Å². The summed E-state index contributed by atoms with van der Waals surface area (Å²) in [6, 6.07) is 30.6. The Morgan fingerprint density at radius 3 is 0.636 bits per heavy atom. The van der Waals surface area contributed by atoms with Crippen LogP contribution in [0.25, 0.3) is 0 Å². The van der Waals surface area contributed by atoms with Crippen LogP contribution in [-0.4, -0.2) is 96.4 Å². The quantitative estimate of drug-likeness (QED) is 0.132. The summed E-state index contributed by atoms with van der Waals surface area (Å²) in [6.45, 7) is 156. The molecule has 0 saturated heterocycles. The van der Waals surface area contributed by atoms with Crippen molar-refractivity contribution in [2.75, 3.05) is 47.5 Å². The van der Waals surface area contributed by atoms with E-state index in [1.807, 2.05) is 90.1 Å². The minimum absolute atomic E-state index is 0. The minimum Gasteiger partial charge on any atom is -0.488 e. The highest BCUT2D eigenvalue weighted by Gasteiger charge is 2.28. The molecule has 0 spiro atoms. The van der Waals surface area contributed by atoms with Crippen LogP contribution in [0.2, 0.25) is 0 Å². The standard InChI is InChI=1S/C11H16O.C10H14O.C10H22O.C10H14.C9H20.C8H19N.C8H18O.2C8H18.C7H16.C6H15N.C5H12O.5C5H12.11CH4/c1-11(2,3)12-9-10-7-5-4-6-8-10;1-10(2,3)11-9-7-5-4-6-8-9;1-5-6-7-8-9-11-10(2,3)4;1-10(2,3)9-7-5-4-6-8-9;1-5-6-7-8-9(2,3)4;1-6-9(7-2)8(3,4)5;1-5-6-7-9-8(2,3)4;2*1-7(2,3)8(4,5)6;1-6(2)7(3,4)5;1-6(2,3)7(4)5;1-5(2,3)6-4;5*1-5(2,3)4;;;;;;;;;;;/h4-8H,9H2,1-3H3;4-8H,1-3H3;5-9H2,1-4H3;4-8H,1-3H3;5-8H2,1-4H3;6-7H2,1-5H3;5-7H2,1-4H3;2*1-6H3;6H,1-5H3;1-5H3;1-4H3;5*1-4H3;11*1H4. The second-order valence-corrected chi connectivity index (χ2v) is 58.6. The van der Waals surface area contributed by atoms with Crippen molar-refractivity contribution >= 4 is 0 Å². The van der Waals surface area contributed by atoms with Crippen LogP contribution in [0.1, 0.15) is 635 Å². The zero-order chi connectivity index (χ0) is 110. The van der Waals surface area contributed by atoms with Gasteiger partial charge in [0.15, 0.2) is 0 Å². The fourth-order valence-electron chi connectivity index (χ4n) is 6.16. The molecule has 0 saturated carbocycles. The summed E-state index contributed by atoms with van der Waals surface area (Å²) in [5, 5.41) is 0. The summed E-state index contributed by atoms with van der Waals surface area (Å²) in [7, 11) is 5.88. The lowest BCUT2D eigenvalue weighted by Crippen LogP contribution is -2.40. The van der Waals surface area contributed by atoms with Crippen molar-refractivity contribution in [3.05, 3.63) is 102 Å². The number of hydrogen-bond acceptors (Lipinski definition) is 7. The molecule has 0 aliphatic rings. The van der Waals surface area contributed by atoms with Gasteiger partial charge in [-0.05, 0) is 286 Å². The van der Waals surface area contributed by atoms with Gasteiger partial charge in [0, 0.05) is 31.4 Å². The molecule has 3 aromatic rings. The van der Waals surface area contributed by atoms with E-state index in [9.17, 15) is 0 Å². The molecule has 0 unspecified atom stereocenters. The first-order chi connectivity index (χ1) is 57.4. The number of unbranched alkanes of at least 4 members (excludes halogenated alkanes) is 6. The van der Waals surface area contributed by atoms with Gasteiger partial charge in [-0.25, -0.2) is 0 Å². The topological polar surface area (TPSA) is 52.6 Å². The van der Waals surface area contributed by atoms with Gasteiger partial charge in [-0.15, -0.1) is 0 Å². The fourth-order valence-corrected chi connectivity index (χ4v) is 6.16. The van der Waals surface area contributed by atoms with Gasteiger partial charge in [0.05, 0.1) is 29.0 Å². The summed E-state index contributed by atoms with van der Waals surface area (Å²) in [5.41, 5.74) is 8.90. The Bertz CT molecular complexity index is 2630. The highest BCUT2D eigenvalue weighted by atomic mass is 16.5. The van der Waals surface area contributed by atoms with Crippen LogP contribution in [0.3, 0.4) is 0 Å². The van der Waals surface area contributed by atoms with Crippen LogP contribution < -0.4 is 4.74 Å². The van der Waals surface area contributed by atoms with Crippen LogP contribution >= 0.6 is 0 Å². The number of methoxy groups -OCH3 is 1. The lowest BCUT2D eigenvalue weighted by Gasteiger charge is -2.34. The molecule has 0 heterocycles. The second kappa shape index (κ2) is 98.6. The molecule has 3 aromatic carbocycles. The van der Waals surface area contributed by atoms with Crippen molar-refractivity contribution in [3.63, 3.8) is 0 Å². The Morgan fingerprint density at radius 1 is 0.266 bits per heavy atom. The largest absolute Gasteiger partial charge is 0.488 e. The first-order valence-electron chi connectivity index (χ1n) is 52.1. The average molecular weight is 2050 g/mol. The molecule has 0 radical (unpaired) electrons. The molecule has 7 heteroatoms. The van der Waals surface area contributed by atoms with E-state index in [2.05, 4.69) is 503 Å². The van der Waals surface area contributed by atoms with Gasteiger partial charge >= 0.3 is 0 Å². The third-order valence-electron chi connectivity index (χ3n) is 18.3. The Morgan fingerprint density at radius 2 is 0.483 bits per heavy atom. The number of hydrogen-bond donors (Lipinski definition) is 0. The fraction of sp³-hybridized carbons (Fsp3) is 0.868. The van der Waals surface area contributed by atoms with Gasteiger partial charge < -0.3 is 28.6 Å². The molecule has 143 heavy (non-hydrogen) atoms. The Balaban J connectivity index is -0.0000000451. The van der Waals surface area contributed by atoms with E-state index in [1.165, 1.54) is 75.3 Å². The predicted molar refractivity (Wildman–Crippen MR) is 692 cm³/mol. The molecule has 890 valence electrons. The van der Waals surface area contributed by atoms with Gasteiger partial charge in [-0.1, -0.05) is 538 Å². The molecule has 0 fully saturated rings. The molecule has 0 atom stereocenters. The Hall–Kier alpha value is -2.78. The van der Waals surface area contributed by atoms with Crippen LogP contribution in [0, 0.1) is 65.5 Å². The van der Waals surface area contributed by atoms with E-state index in [0.717, 1.165) is 38.0 Å². The average Bonchev–Trinajstić information content (AvgIpc) is 0.873. The Labute approximate surface area is 923 Å². The van der Waals surface area contributed by atoms with E-state index >= 15 is 0 Å². The summed E-state index contributed by atoms with van der Waals surface area (Å²) in [4.78, 5) is 4.62. The molecule has 0 amide bonds. The smallest absolute Gasteiger partial charge is 0.120 e. The van der Waals surface area contributed by atoms with Crippen molar-refractivity contribution in [2.24, 2.45) is 65.5 Å². The van der Waals surface area contributed by atoms with Crippen molar-refractivity contribution < 1.29 is 23.7 Å². The van der Waals surface area contributed by atoms with Gasteiger partial charge in [0.2, 0.25) is 0 Å². The van der Waals surface area contributed by atoms with Crippen molar-refractivity contribution in [2.45, 2.75) is 675 Å². The molecule has 3 rings (SSSR count). The van der Waals surface area contributed by atoms with Crippen LogP contribution in [0.4, 0.5) is 0 Å².